The lowest BCUT2D eigenvalue weighted by molar-refractivity contribution is 0.104. The SMILES string of the molecule is O=Cc1ccc(/C=C/C(=O)c2ccccc2O)[nH]1. The molecule has 0 saturated carbocycles. The molecule has 2 rings (SSSR count). The van der Waals surface area contributed by atoms with Crippen LogP contribution in [0.3, 0.4) is 0 Å². The van der Waals surface area contributed by atoms with Crippen LogP contribution in [0.15, 0.2) is 42.5 Å². The molecule has 1 aromatic carbocycles. The molecule has 4 nitrogen and oxygen atoms in total. The van der Waals surface area contributed by atoms with E-state index in [0.29, 0.717) is 17.7 Å². The molecule has 0 unspecified atom stereocenters. The van der Waals surface area contributed by atoms with Crippen LogP contribution in [0.4, 0.5) is 0 Å². The van der Waals surface area contributed by atoms with Crippen molar-refractivity contribution in [3.8, 4) is 5.75 Å². The second-order valence-corrected chi connectivity index (χ2v) is 3.70. The highest BCUT2D eigenvalue weighted by atomic mass is 16.3. The lowest BCUT2D eigenvalue weighted by Gasteiger charge is -1.98. The van der Waals surface area contributed by atoms with Crippen molar-refractivity contribution in [2.24, 2.45) is 0 Å². The molecule has 2 aromatic rings. The highest BCUT2D eigenvalue weighted by molar-refractivity contribution is 6.08. The first-order chi connectivity index (χ1) is 8.70. The second-order valence-electron chi connectivity index (χ2n) is 3.70. The van der Waals surface area contributed by atoms with Crippen molar-refractivity contribution in [3.05, 3.63) is 59.4 Å². The smallest absolute Gasteiger partial charge is 0.189 e. The van der Waals surface area contributed by atoms with Gasteiger partial charge in [-0.05, 0) is 36.4 Å². The molecule has 0 fully saturated rings. The average molecular weight is 241 g/mol. The van der Waals surface area contributed by atoms with Crippen LogP contribution in [0.5, 0.6) is 5.75 Å². The van der Waals surface area contributed by atoms with Gasteiger partial charge in [0, 0.05) is 5.69 Å². The van der Waals surface area contributed by atoms with Crippen molar-refractivity contribution in [1.29, 1.82) is 0 Å². The summed E-state index contributed by atoms with van der Waals surface area (Å²) in [6.45, 7) is 0. The van der Waals surface area contributed by atoms with Gasteiger partial charge in [-0.3, -0.25) is 9.59 Å². The number of para-hydroxylation sites is 1. The monoisotopic (exact) mass is 241 g/mol. The lowest BCUT2D eigenvalue weighted by Crippen LogP contribution is -1.94. The molecule has 1 heterocycles. The minimum atomic E-state index is -0.296. The van der Waals surface area contributed by atoms with Crippen molar-refractivity contribution in [2.75, 3.05) is 0 Å². The third kappa shape index (κ3) is 2.55. The van der Waals surface area contributed by atoms with Crippen molar-refractivity contribution < 1.29 is 14.7 Å². The maximum atomic E-state index is 11.8. The van der Waals surface area contributed by atoms with E-state index >= 15 is 0 Å². The molecule has 1 aromatic heterocycles. The fourth-order valence-electron chi connectivity index (χ4n) is 1.53. The zero-order valence-electron chi connectivity index (χ0n) is 9.46. The summed E-state index contributed by atoms with van der Waals surface area (Å²) < 4.78 is 0. The van der Waals surface area contributed by atoms with E-state index in [4.69, 9.17) is 0 Å². The number of aldehydes is 1. The molecule has 0 aliphatic carbocycles. The first-order valence-electron chi connectivity index (χ1n) is 5.35. The van der Waals surface area contributed by atoms with Gasteiger partial charge >= 0.3 is 0 Å². The van der Waals surface area contributed by atoms with Crippen molar-refractivity contribution in [2.45, 2.75) is 0 Å². The highest BCUT2D eigenvalue weighted by Gasteiger charge is 2.06. The molecule has 0 radical (unpaired) electrons. The predicted molar refractivity (Wildman–Crippen MR) is 67.7 cm³/mol. The molecular weight excluding hydrogens is 230 g/mol. The van der Waals surface area contributed by atoms with Gasteiger partial charge in [-0.2, -0.15) is 0 Å². The van der Waals surface area contributed by atoms with Crippen molar-refractivity contribution in [3.63, 3.8) is 0 Å². The molecule has 0 saturated heterocycles. The van der Waals surface area contributed by atoms with Crippen LogP contribution in [-0.2, 0) is 0 Å². The Morgan fingerprint density at radius 1 is 1.11 bits per heavy atom. The van der Waals surface area contributed by atoms with Gasteiger partial charge in [0.2, 0.25) is 0 Å². The summed E-state index contributed by atoms with van der Waals surface area (Å²) in [5, 5.41) is 9.51. The van der Waals surface area contributed by atoms with Gasteiger partial charge in [0.05, 0.1) is 11.3 Å². The number of hydrogen-bond donors (Lipinski definition) is 2. The number of aromatic amines is 1. The van der Waals surface area contributed by atoms with Gasteiger partial charge in [-0.25, -0.2) is 0 Å². The average Bonchev–Trinajstić information content (AvgIpc) is 2.84. The number of allylic oxidation sites excluding steroid dienone is 1. The van der Waals surface area contributed by atoms with Crippen LogP contribution >= 0.6 is 0 Å². The standard InChI is InChI=1S/C14H11NO3/c16-9-11-6-5-10(15-11)7-8-14(18)12-3-1-2-4-13(12)17/h1-9,15,17H/b8-7+. The fraction of sp³-hybridized carbons (Fsp3) is 0. The number of hydrogen-bond acceptors (Lipinski definition) is 3. The van der Waals surface area contributed by atoms with Gasteiger partial charge in [-0.15, -0.1) is 0 Å². The van der Waals surface area contributed by atoms with Crippen LogP contribution in [0.25, 0.3) is 6.08 Å². The van der Waals surface area contributed by atoms with Crippen LogP contribution in [0.2, 0.25) is 0 Å². The Bertz CT molecular complexity index is 611. The van der Waals surface area contributed by atoms with E-state index in [0.717, 1.165) is 0 Å². The van der Waals surface area contributed by atoms with Gasteiger partial charge < -0.3 is 10.1 Å². The van der Waals surface area contributed by atoms with Gasteiger partial charge in [0.15, 0.2) is 12.1 Å². The normalized spacial score (nSPS) is 10.7. The maximum Gasteiger partial charge on any atom is 0.189 e. The summed E-state index contributed by atoms with van der Waals surface area (Å²) in [5.74, 6) is -0.345. The van der Waals surface area contributed by atoms with Crippen LogP contribution in [0, 0.1) is 0 Å². The quantitative estimate of drug-likeness (QED) is 0.490. The number of carbonyl (C=O) groups is 2. The fourth-order valence-corrected chi connectivity index (χ4v) is 1.53. The number of ketones is 1. The number of aromatic nitrogens is 1. The maximum absolute atomic E-state index is 11.8. The Morgan fingerprint density at radius 3 is 2.50 bits per heavy atom. The molecule has 0 aliphatic rings. The number of phenolic OH excluding ortho intramolecular Hbond substituents is 1. The Hall–Kier alpha value is -2.62. The van der Waals surface area contributed by atoms with Gasteiger partial charge in [-0.1, -0.05) is 12.1 Å². The molecule has 0 amide bonds. The molecule has 90 valence electrons. The van der Waals surface area contributed by atoms with E-state index in [1.54, 1.807) is 36.4 Å². The molecule has 4 heteroatoms. The summed E-state index contributed by atoms with van der Waals surface area (Å²) in [6.07, 6.45) is 3.60. The molecule has 0 aliphatic heterocycles. The summed E-state index contributed by atoms with van der Waals surface area (Å²) in [7, 11) is 0. The van der Waals surface area contributed by atoms with Gasteiger partial charge in [0.1, 0.15) is 5.75 Å². The van der Waals surface area contributed by atoms with Crippen molar-refractivity contribution >= 4 is 18.1 Å². The highest BCUT2D eigenvalue weighted by Crippen LogP contribution is 2.16. The number of H-pyrrole nitrogens is 1. The topological polar surface area (TPSA) is 70.2 Å². The summed E-state index contributed by atoms with van der Waals surface area (Å²) in [6, 6.07) is 9.65. The minimum absolute atomic E-state index is 0.0489. The summed E-state index contributed by atoms with van der Waals surface area (Å²) in [5.41, 5.74) is 1.35. The molecule has 18 heavy (non-hydrogen) atoms. The Labute approximate surface area is 104 Å². The predicted octanol–water partition coefficient (Wildman–Crippen LogP) is 2.43. The number of aromatic hydroxyl groups is 1. The Kier molecular flexibility index (Phi) is 3.38. The third-order valence-electron chi connectivity index (χ3n) is 2.44. The number of carbonyl (C=O) groups excluding carboxylic acids is 2. The van der Waals surface area contributed by atoms with E-state index in [2.05, 4.69) is 4.98 Å². The first kappa shape index (κ1) is 11.9. The Balaban J connectivity index is 2.16. The minimum Gasteiger partial charge on any atom is -0.507 e. The third-order valence-corrected chi connectivity index (χ3v) is 2.44. The lowest BCUT2D eigenvalue weighted by atomic mass is 10.1. The summed E-state index contributed by atoms with van der Waals surface area (Å²) in [4.78, 5) is 25.1. The van der Waals surface area contributed by atoms with Crippen molar-refractivity contribution in [1.82, 2.24) is 4.98 Å². The van der Waals surface area contributed by atoms with Crippen LogP contribution in [-0.4, -0.2) is 22.2 Å². The molecule has 2 N–H and O–H groups in total. The second kappa shape index (κ2) is 5.14. The van der Waals surface area contributed by atoms with E-state index in [1.807, 2.05) is 0 Å². The molecule has 0 spiro atoms. The number of nitrogens with one attached hydrogen (secondary N) is 1. The molecular formula is C14H11NO3. The number of rotatable bonds is 4. The molecule has 0 bridgehead atoms. The van der Waals surface area contributed by atoms with Crippen LogP contribution in [0.1, 0.15) is 26.5 Å². The molecule has 0 atom stereocenters. The zero-order valence-corrected chi connectivity index (χ0v) is 9.46. The van der Waals surface area contributed by atoms with E-state index in [-0.39, 0.29) is 17.1 Å². The van der Waals surface area contributed by atoms with E-state index in [9.17, 15) is 14.7 Å². The number of benzene rings is 1. The largest absolute Gasteiger partial charge is 0.507 e. The zero-order chi connectivity index (χ0) is 13.0. The summed E-state index contributed by atoms with van der Waals surface area (Å²) >= 11 is 0. The Morgan fingerprint density at radius 2 is 1.83 bits per heavy atom. The van der Waals surface area contributed by atoms with Gasteiger partial charge in [0.25, 0.3) is 0 Å². The van der Waals surface area contributed by atoms with Crippen LogP contribution < -0.4 is 0 Å². The number of phenols is 1. The van der Waals surface area contributed by atoms with E-state index in [1.165, 1.54) is 12.1 Å². The first-order valence-corrected chi connectivity index (χ1v) is 5.35. The van der Waals surface area contributed by atoms with E-state index < -0.39 is 0 Å².